The fraction of sp³-hybridized carbons (Fsp3) is 0.800. The van der Waals surface area contributed by atoms with Crippen molar-refractivity contribution in [1.29, 1.82) is 0 Å². The van der Waals surface area contributed by atoms with Gasteiger partial charge in [0.25, 0.3) is 0 Å². The molecule has 0 saturated heterocycles. The molecule has 1 unspecified atom stereocenters. The van der Waals surface area contributed by atoms with E-state index in [9.17, 15) is 19.2 Å². The summed E-state index contributed by atoms with van der Waals surface area (Å²) in [6, 6.07) is -3.23. The lowest BCUT2D eigenvalue weighted by molar-refractivity contribution is -0.161. The van der Waals surface area contributed by atoms with E-state index in [0.717, 1.165) is 0 Å². The average molecular weight is 556 g/mol. The van der Waals surface area contributed by atoms with Crippen LogP contribution in [0.2, 0.25) is 0 Å². The summed E-state index contributed by atoms with van der Waals surface area (Å²) >= 11 is 2.14. The molecule has 31 heavy (non-hydrogen) atoms. The number of rotatable bonds is 13. The van der Waals surface area contributed by atoms with E-state index >= 15 is 0 Å². The molecule has 10 nitrogen and oxygen atoms in total. The highest BCUT2D eigenvalue weighted by atomic mass is 127. The standard InChI is InChI=1S/C20H37IN4O6/c1-10(2)7-15(24-17(26)13(5)22)19(28)30-9-12(4)31-20(29)16(8-11(3)21)25-18(27)14(6)23/h10-16H,7-9,22-23H2,1-6H3,(H,24,26)(H,25,27)/t11?,12-,13-,14-,15-,16-/m0/s1. The average Bonchev–Trinajstić information content (AvgIpc) is 2.63. The number of hydrogen-bond donors (Lipinski definition) is 4. The molecule has 0 aliphatic rings. The summed E-state index contributed by atoms with van der Waals surface area (Å²) in [7, 11) is 0. The third-order valence-electron chi connectivity index (χ3n) is 4.07. The van der Waals surface area contributed by atoms with Gasteiger partial charge in [0, 0.05) is 3.92 Å². The molecule has 0 aromatic heterocycles. The van der Waals surface area contributed by atoms with Crippen molar-refractivity contribution < 1.29 is 28.7 Å². The van der Waals surface area contributed by atoms with Gasteiger partial charge >= 0.3 is 11.9 Å². The molecule has 11 heteroatoms. The molecule has 180 valence electrons. The normalized spacial score (nSPS) is 17.0. The van der Waals surface area contributed by atoms with Crippen molar-refractivity contribution >= 4 is 46.3 Å². The van der Waals surface area contributed by atoms with Gasteiger partial charge in [-0.1, -0.05) is 43.4 Å². The van der Waals surface area contributed by atoms with Crippen LogP contribution >= 0.6 is 22.6 Å². The van der Waals surface area contributed by atoms with E-state index in [1.807, 2.05) is 20.8 Å². The highest BCUT2D eigenvalue weighted by Gasteiger charge is 2.28. The third kappa shape index (κ3) is 12.9. The number of nitrogens with one attached hydrogen (secondary N) is 2. The van der Waals surface area contributed by atoms with E-state index in [-0.39, 0.29) is 16.4 Å². The molecule has 0 heterocycles. The van der Waals surface area contributed by atoms with Gasteiger partial charge in [0.05, 0.1) is 12.1 Å². The fourth-order valence-electron chi connectivity index (χ4n) is 2.45. The Morgan fingerprint density at radius 3 is 1.65 bits per heavy atom. The molecule has 0 aliphatic carbocycles. The first-order valence-corrected chi connectivity index (χ1v) is 11.6. The van der Waals surface area contributed by atoms with Crippen LogP contribution in [0, 0.1) is 5.92 Å². The molecule has 0 saturated carbocycles. The Bertz CT molecular complexity index is 612. The summed E-state index contributed by atoms with van der Waals surface area (Å²) in [6.45, 7) is 10.1. The predicted molar refractivity (Wildman–Crippen MR) is 125 cm³/mol. The smallest absolute Gasteiger partial charge is 0.329 e. The molecule has 0 fully saturated rings. The molecule has 0 aromatic carbocycles. The van der Waals surface area contributed by atoms with E-state index in [2.05, 4.69) is 33.2 Å². The number of nitrogens with two attached hydrogens (primary N) is 2. The van der Waals surface area contributed by atoms with E-state index in [0.29, 0.717) is 12.8 Å². The van der Waals surface area contributed by atoms with Gasteiger partial charge in [-0.3, -0.25) is 9.59 Å². The zero-order chi connectivity index (χ0) is 24.3. The van der Waals surface area contributed by atoms with Crippen molar-refractivity contribution in [3.05, 3.63) is 0 Å². The molecule has 0 bridgehead atoms. The van der Waals surface area contributed by atoms with Gasteiger partial charge < -0.3 is 31.6 Å². The molecule has 0 radical (unpaired) electrons. The molecule has 0 spiro atoms. The number of esters is 2. The van der Waals surface area contributed by atoms with Gasteiger partial charge in [0.1, 0.15) is 24.8 Å². The molecule has 0 rings (SSSR count). The predicted octanol–water partition coefficient (Wildman–Crippen LogP) is 0.385. The van der Waals surface area contributed by atoms with Crippen LogP contribution in [0.5, 0.6) is 0 Å². The number of hydrogen-bond acceptors (Lipinski definition) is 8. The highest BCUT2D eigenvalue weighted by molar-refractivity contribution is 14.1. The summed E-state index contributed by atoms with van der Waals surface area (Å²) in [6.07, 6.45) is -0.00590. The van der Waals surface area contributed by atoms with Crippen LogP contribution in [0.3, 0.4) is 0 Å². The maximum absolute atomic E-state index is 12.5. The first-order chi connectivity index (χ1) is 14.2. The number of alkyl halides is 1. The summed E-state index contributed by atoms with van der Waals surface area (Å²) in [4.78, 5) is 48.7. The van der Waals surface area contributed by atoms with Gasteiger partial charge in [-0.25, -0.2) is 9.59 Å². The molecule has 0 aliphatic heterocycles. The first-order valence-electron chi connectivity index (χ1n) is 10.4. The SMILES string of the molecule is CC(C)C[C@H](NC(=O)[C@H](C)N)C(=O)OC[C@H](C)OC(=O)[C@H](CC(C)I)NC(=O)[C@H](C)N. The number of carbonyl (C=O) groups is 4. The van der Waals surface area contributed by atoms with Gasteiger partial charge in [-0.2, -0.15) is 0 Å². The Morgan fingerprint density at radius 1 is 0.806 bits per heavy atom. The highest BCUT2D eigenvalue weighted by Crippen LogP contribution is 2.11. The summed E-state index contributed by atoms with van der Waals surface area (Å²) in [5.41, 5.74) is 11.1. The van der Waals surface area contributed by atoms with Crippen LogP contribution in [0.25, 0.3) is 0 Å². The van der Waals surface area contributed by atoms with E-state index in [1.165, 1.54) is 13.8 Å². The van der Waals surface area contributed by atoms with Crippen molar-refractivity contribution in [1.82, 2.24) is 10.6 Å². The Hall–Kier alpha value is -1.47. The minimum atomic E-state index is -0.859. The van der Waals surface area contributed by atoms with Crippen molar-refractivity contribution in [2.45, 2.75) is 88.6 Å². The lowest BCUT2D eigenvalue weighted by atomic mass is 10.0. The molecular weight excluding hydrogens is 519 g/mol. The molecule has 0 aromatic rings. The van der Waals surface area contributed by atoms with Crippen LogP contribution in [-0.4, -0.2) is 64.6 Å². The second kappa shape index (κ2) is 14.6. The van der Waals surface area contributed by atoms with Crippen LogP contribution in [-0.2, 0) is 28.7 Å². The van der Waals surface area contributed by atoms with Gasteiger partial charge in [-0.05, 0) is 39.5 Å². The van der Waals surface area contributed by atoms with Crippen molar-refractivity contribution in [2.24, 2.45) is 17.4 Å². The monoisotopic (exact) mass is 556 g/mol. The lowest BCUT2D eigenvalue weighted by Gasteiger charge is -2.23. The van der Waals surface area contributed by atoms with Crippen molar-refractivity contribution in [3.8, 4) is 0 Å². The summed E-state index contributed by atoms with van der Waals surface area (Å²) < 4.78 is 10.7. The largest absolute Gasteiger partial charge is 0.460 e. The Morgan fingerprint density at radius 2 is 1.26 bits per heavy atom. The maximum Gasteiger partial charge on any atom is 0.329 e. The zero-order valence-corrected chi connectivity index (χ0v) is 21.3. The minimum absolute atomic E-state index is 0.0991. The van der Waals surface area contributed by atoms with E-state index in [1.54, 1.807) is 6.92 Å². The first kappa shape index (κ1) is 29.5. The molecule has 6 atom stereocenters. The fourth-order valence-corrected chi connectivity index (χ4v) is 2.95. The van der Waals surface area contributed by atoms with Crippen LogP contribution in [0.1, 0.15) is 54.4 Å². The van der Waals surface area contributed by atoms with Crippen molar-refractivity contribution in [2.75, 3.05) is 6.61 Å². The zero-order valence-electron chi connectivity index (χ0n) is 19.1. The number of halogens is 1. The van der Waals surface area contributed by atoms with Gasteiger partial charge in [0.2, 0.25) is 11.8 Å². The lowest BCUT2D eigenvalue weighted by Crippen LogP contribution is -2.49. The van der Waals surface area contributed by atoms with Crippen molar-refractivity contribution in [3.63, 3.8) is 0 Å². The second-order valence-corrected chi connectivity index (χ2v) is 10.3. The molecular formula is C20H37IN4O6. The van der Waals surface area contributed by atoms with Gasteiger partial charge in [0.15, 0.2) is 0 Å². The minimum Gasteiger partial charge on any atom is -0.460 e. The number of amides is 2. The maximum atomic E-state index is 12.5. The van der Waals surface area contributed by atoms with E-state index in [4.69, 9.17) is 20.9 Å². The Kier molecular flexibility index (Phi) is 13.9. The number of ether oxygens (including phenoxy) is 2. The molecule has 6 N–H and O–H groups in total. The number of carbonyl (C=O) groups excluding carboxylic acids is 4. The topological polar surface area (TPSA) is 163 Å². The van der Waals surface area contributed by atoms with Crippen LogP contribution < -0.4 is 22.1 Å². The van der Waals surface area contributed by atoms with Gasteiger partial charge in [-0.15, -0.1) is 0 Å². The second-order valence-electron chi connectivity index (χ2n) is 8.22. The van der Waals surface area contributed by atoms with E-state index < -0.39 is 54.0 Å². The third-order valence-corrected chi connectivity index (χ3v) is 4.58. The summed E-state index contributed by atoms with van der Waals surface area (Å²) in [5, 5.41) is 5.16. The quantitative estimate of drug-likeness (QED) is 0.144. The Balaban J connectivity index is 4.89. The molecule has 2 amide bonds. The van der Waals surface area contributed by atoms with Crippen LogP contribution in [0.15, 0.2) is 0 Å². The summed E-state index contributed by atoms with van der Waals surface area (Å²) in [5.74, 6) is -2.05. The Labute approximate surface area is 198 Å². The van der Waals surface area contributed by atoms with Crippen LogP contribution in [0.4, 0.5) is 0 Å².